The first-order chi connectivity index (χ1) is 18.0. The van der Waals surface area contributed by atoms with Gasteiger partial charge in [-0.2, -0.15) is 0 Å². The predicted octanol–water partition coefficient (Wildman–Crippen LogP) is 4.47. The summed E-state index contributed by atoms with van der Waals surface area (Å²) >= 11 is 1.47. The molecule has 1 saturated carbocycles. The fourth-order valence-corrected chi connectivity index (χ4v) is 6.38. The molecule has 0 bridgehead atoms. The van der Waals surface area contributed by atoms with Gasteiger partial charge in [0.2, 0.25) is 5.91 Å². The second-order valence-corrected chi connectivity index (χ2v) is 10.8. The first-order valence-electron chi connectivity index (χ1n) is 12.5. The molecule has 1 aromatic heterocycles. The Kier molecular flexibility index (Phi) is 6.24. The normalized spacial score (nSPS) is 22.9. The lowest BCUT2D eigenvalue weighted by Crippen LogP contribution is -2.41. The fraction of sp³-hybridized carbons (Fsp3) is 0.357. The van der Waals surface area contributed by atoms with Gasteiger partial charge in [-0.3, -0.25) is 19.4 Å². The highest BCUT2D eigenvalue weighted by atomic mass is 32.2. The second kappa shape index (κ2) is 9.70. The molecule has 3 heterocycles. The van der Waals surface area contributed by atoms with E-state index in [1.807, 2.05) is 24.3 Å². The van der Waals surface area contributed by atoms with Crippen molar-refractivity contribution < 1.29 is 23.9 Å². The van der Waals surface area contributed by atoms with Crippen LogP contribution in [0.4, 0.5) is 5.69 Å². The quantitative estimate of drug-likeness (QED) is 0.526. The van der Waals surface area contributed by atoms with Crippen molar-refractivity contribution in [3.63, 3.8) is 0 Å². The standard InChI is InChI=1S/C28H27N3O5S/c1-35-18-7-8-21-19(11-18)26-23(12-29-21)36-13-20(27(26)33)15-2-5-17(6-3-15)30-28(34)16-4-9-24-22(10-16)31-25(32)14-37-24/h4,7-12,15,17,20H,2-3,5-6,13-14H2,1H3,(H,30,34)(H,31,32). The number of hydrogen-bond acceptors (Lipinski definition) is 7. The van der Waals surface area contributed by atoms with Gasteiger partial charge in [0.05, 0.1) is 48.4 Å². The molecular formula is C28H27N3O5S. The van der Waals surface area contributed by atoms with Crippen molar-refractivity contribution in [1.29, 1.82) is 0 Å². The highest BCUT2D eigenvalue weighted by Gasteiger charge is 2.38. The summed E-state index contributed by atoms with van der Waals surface area (Å²) in [4.78, 5) is 43.7. The third kappa shape index (κ3) is 4.52. The maximum Gasteiger partial charge on any atom is 0.251 e. The molecule has 6 rings (SSSR count). The van der Waals surface area contributed by atoms with E-state index in [1.54, 1.807) is 25.4 Å². The number of carbonyl (C=O) groups is 3. The van der Waals surface area contributed by atoms with Crippen molar-refractivity contribution >= 4 is 45.9 Å². The lowest BCUT2D eigenvalue weighted by molar-refractivity contribution is -0.113. The molecule has 3 aromatic rings. The minimum absolute atomic E-state index is 0.0462. The monoisotopic (exact) mass is 517 g/mol. The molecule has 0 saturated heterocycles. The number of carbonyl (C=O) groups excluding carboxylic acids is 3. The highest BCUT2D eigenvalue weighted by molar-refractivity contribution is 8.00. The Balaban J connectivity index is 1.12. The minimum atomic E-state index is -0.220. The zero-order chi connectivity index (χ0) is 25.5. The number of methoxy groups -OCH3 is 1. The van der Waals surface area contributed by atoms with E-state index in [0.717, 1.165) is 41.5 Å². The number of aromatic nitrogens is 1. The third-order valence-electron chi connectivity index (χ3n) is 7.59. The summed E-state index contributed by atoms with van der Waals surface area (Å²) in [5.41, 5.74) is 2.55. The Morgan fingerprint density at radius 3 is 2.78 bits per heavy atom. The van der Waals surface area contributed by atoms with E-state index >= 15 is 0 Å². The van der Waals surface area contributed by atoms with Crippen molar-refractivity contribution in [3.05, 3.63) is 53.7 Å². The van der Waals surface area contributed by atoms with Gasteiger partial charge in [0.25, 0.3) is 5.91 Å². The number of nitrogens with one attached hydrogen (secondary N) is 2. The Bertz CT molecular complexity index is 1410. The lowest BCUT2D eigenvalue weighted by Gasteiger charge is -2.35. The zero-order valence-electron chi connectivity index (χ0n) is 20.4. The molecule has 9 heteroatoms. The molecular weight excluding hydrogens is 490 g/mol. The van der Waals surface area contributed by atoms with Crippen molar-refractivity contribution in [2.24, 2.45) is 11.8 Å². The van der Waals surface area contributed by atoms with Crippen molar-refractivity contribution in [2.45, 2.75) is 36.6 Å². The molecule has 1 atom stereocenters. The molecule has 37 heavy (non-hydrogen) atoms. The highest BCUT2D eigenvalue weighted by Crippen LogP contribution is 2.40. The molecule has 1 aliphatic carbocycles. The average molecular weight is 518 g/mol. The molecule has 1 unspecified atom stereocenters. The van der Waals surface area contributed by atoms with Crippen LogP contribution >= 0.6 is 11.8 Å². The summed E-state index contributed by atoms with van der Waals surface area (Å²) in [5, 5.41) is 6.74. The number of hydrogen-bond donors (Lipinski definition) is 2. The summed E-state index contributed by atoms with van der Waals surface area (Å²) in [7, 11) is 1.60. The van der Waals surface area contributed by atoms with Gasteiger partial charge in [0.1, 0.15) is 11.5 Å². The van der Waals surface area contributed by atoms with Gasteiger partial charge in [0, 0.05) is 21.9 Å². The van der Waals surface area contributed by atoms with E-state index in [-0.39, 0.29) is 35.5 Å². The van der Waals surface area contributed by atoms with Gasteiger partial charge in [-0.05, 0) is 68.0 Å². The van der Waals surface area contributed by atoms with Crippen molar-refractivity contribution in [3.8, 4) is 11.5 Å². The fourth-order valence-electron chi connectivity index (χ4n) is 5.59. The largest absolute Gasteiger partial charge is 0.497 e. The third-order valence-corrected chi connectivity index (χ3v) is 8.67. The van der Waals surface area contributed by atoms with E-state index in [0.29, 0.717) is 40.7 Å². The number of nitrogens with zero attached hydrogens (tertiary/aromatic N) is 1. The van der Waals surface area contributed by atoms with Crippen LogP contribution < -0.4 is 20.1 Å². The van der Waals surface area contributed by atoms with Crippen LogP contribution in [0.5, 0.6) is 11.5 Å². The van der Waals surface area contributed by atoms with E-state index in [2.05, 4.69) is 15.6 Å². The first kappa shape index (κ1) is 23.8. The molecule has 0 radical (unpaired) electrons. The van der Waals surface area contributed by atoms with Gasteiger partial charge >= 0.3 is 0 Å². The maximum atomic E-state index is 13.7. The van der Waals surface area contributed by atoms with E-state index in [1.165, 1.54) is 11.8 Å². The molecule has 2 aromatic carbocycles. The summed E-state index contributed by atoms with van der Waals surface area (Å²) in [6.45, 7) is 0.351. The molecule has 0 spiro atoms. The number of amides is 2. The summed E-state index contributed by atoms with van der Waals surface area (Å²) in [6.07, 6.45) is 4.91. The Hall–Kier alpha value is -3.59. The first-order valence-corrected chi connectivity index (χ1v) is 13.5. The Morgan fingerprint density at radius 2 is 1.97 bits per heavy atom. The molecule has 8 nitrogen and oxygen atoms in total. The van der Waals surface area contributed by atoms with Crippen molar-refractivity contribution in [1.82, 2.24) is 10.3 Å². The predicted molar refractivity (Wildman–Crippen MR) is 141 cm³/mol. The van der Waals surface area contributed by atoms with Gasteiger partial charge in [-0.25, -0.2) is 0 Å². The lowest BCUT2D eigenvalue weighted by atomic mass is 9.74. The van der Waals surface area contributed by atoms with Crippen LogP contribution in [0.2, 0.25) is 0 Å². The van der Waals surface area contributed by atoms with Crippen LogP contribution in [0.1, 0.15) is 46.4 Å². The summed E-state index contributed by atoms with van der Waals surface area (Å²) in [5.74, 6) is 1.47. The van der Waals surface area contributed by atoms with Crippen LogP contribution in [-0.2, 0) is 4.79 Å². The Morgan fingerprint density at radius 1 is 1.14 bits per heavy atom. The smallest absolute Gasteiger partial charge is 0.251 e. The van der Waals surface area contributed by atoms with E-state index < -0.39 is 0 Å². The average Bonchev–Trinajstić information content (AvgIpc) is 2.92. The number of fused-ring (bicyclic) bond motifs is 4. The molecule has 3 aliphatic rings. The number of Topliss-reactive ketones (excluding diaryl/α,β-unsaturated/α-hetero) is 1. The number of rotatable bonds is 4. The van der Waals surface area contributed by atoms with Gasteiger partial charge in [-0.1, -0.05) is 0 Å². The SMILES string of the molecule is COc1ccc2ncc3c(c2c1)C(=O)C(C1CCC(NC(=O)c2ccc4c(c2)NC(=O)CS4)CC1)CO3. The second-order valence-electron chi connectivity index (χ2n) is 9.80. The zero-order valence-corrected chi connectivity index (χ0v) is 21.2. The number of ketones is 1. The number of thioether (sulfide) groups is 1. The van der Waals surface area contributed by atoms with Crippen LogP contribution in [0.15, 0.2) is 47.5 Å². The maximum absolute atomic E-state index is 13.7. The minimum Gasteiger partial charge on any atom is -0.497 e. The topological polar surface area (TPSA) is 107 Å². The van der Waals surface area contributed by atoms with Crippen molar-refractivity contribution in [2.75, 3.05) is 24.8 Å². The summed E-state index contributed by atoms with van der Waals surface area (Å²) in [6, 6.07) is 11.0. The number of benzene rings is 2. The molecule has 2 amide bonds. The van der Waals surface area contributed by atoms with Crippen LogP contribution in [-0.4, -0.2) is 48.1 Å². The number of pyridine rings is 1. The van der Waals surface area contributed by atoms with Crippen LogP contribution in [0.3, 0.4) is 0 Å². The van der Waals surface area contributed by atoms with E-state index in [4.69, 9.17) is 9.47 Å². The molecule has 190 valence electrons. The van der Waals surface area contributed by atoms with Gasteiger partial charge in [0.15, 0.2) is 5.78 Å². The van der Waals surface area contributed by atoms with E-state index in [9.17, 15) is 14.4 Å². The van der Waals surface area contributed by atoms with Crippen LogP contribution in [0, 0.1) is 11.8 Å². The number of anilines is 1. The van der Waals surface area contributed by atoms with Crippen LogP contribution in [0.25, 0.3) is 10.9 Å². The number of ether oxygens (including phenoxy) is 2. The summed E-state index contributed by atoms with van der Waals surface area (Å²) < 4.78 is 11.4. The molecule has 2 aliphatic heterocycles. The molecule has 2 N–H and O–H groups in total. The Labute approximate surface area is 218 Å². The van der Waals surface area contributed by atoms with Gasteiger partial charge < -0.3 is 20.1 Å². The molecule has 1 fully saturated rings. The van der Waals surface area contributed by atoms with Gasteiger partial charge in [-0.15, -0.1) is 11.8 Å².